The van der Waals surface area contributed by atoms with Gasteiger partial charge in [0.2, 0.25) is 0 Å². The summed E-state index contributed by atoms with van der Waals surface area (Å²) in [6.45, 7) is 4.17. The molecule has 7 rings (SSSR count). The lowest BCUT2D eigenvalue weighted by Gasteiger charge is -2.40. The number of aryl methyl sites for hydroxylation is 2. The maximum Gasteiger partial charge on any atom is 0.179 e. The Morgan fingerprint density at radius 2 is 1.59 bits per heavy atom. The molecule has 41 heavy (non-hydrogen) atoms. The molecular formula is C33H27BrN6O. The fraction of sp³-hybridized carbons (Fsp3) is 0.121. The fourth-order valence-corrected chi connectivity index (χ4v) is 5.99. The zero-order chi connectivity index (χ0) is 28.1. The number of aliphatic imine (C=N–C) groups is 2. The summed E-state index contributed by atoms with van der Waals surface area (Å²) in [5, 5.41) is 8.61. The third-order valence-electron chi connectivity index (χ3n) is 7.50. The minimum Gasteiger partial charge on any atom is -0.497 e. The van der Waals surface area contributed by atoms with Gasteiger partial charge in [0.1, 0.15) is 5.75 Å². The molecule has 0 saturated carbocycles. The van der Waals surface area contributed by atoms with Gasteiger partial charge in [-0.3, -0.25) is 0 Å². The predicted octanol–water partition coefficient (Wildman–Crippen LogP) is 8.06. The number of ether oxygens (including phenoxy) is 1. The second-order valence-electron chi connectivity index (χ2n) is 10.1. The highest BCUT2D eigenvalue weighted by Gasteiger charge is 2.41. The Kier molecular flexibility index (Phi) is 6.20. The van der Waals surface area contributed by atoms with Crippen molar-refractivity contribution in [1.82, 2.24) is 9.78 Å². The highest BCUT2D eigenvalue weighted by Crippen LogP contribution is 2.48. The topological polar surface area (TPSA) is 67.0 Å². The molecule has 0 saturated heterocycles. The van der Waals surface area contributed by atoms with E-state index in [1.165, 1.54) is 0 Å². The van der Waals surface area contributed by atoms with Crippen LogP contribution >= 0.6 is 15.9 Å². The summed E-state index contributed by atoms with van der Waals surface area (Å²) < 4.78 is 8.35. The summed E-state index contributed by atoms with van der Waals surface area (Å²) in [5.74, 6) is 2.98. The average Bonchev–Trinajstić information content (AvgIpc) is 3.32. The summed E-state index contributed by atoms with van der Waals surface area (Å²) in [5.41, 5.74) is 8.00. The van der Waals surface area contributed by atoms with Crippen molar-refractivity contribution < 1.29 is 4.74 Å². The Bertz CT molecular complexity index is 1860. The van der Waals surface area contributed by atoms with E-state index in [0.717, 1.165) is 67.0 Å². The fourth-order valence-electron chi connectivity index (χ4n) is 5.57. The molecule has 1 aromatic heterocycles. The van der Waals surface area contributed by atoms with Gasteiger partial charge in [-0.05, 0) is 79.6 Å². The first kappa shape index (κ1) is 25.3. The molecule has 0 radical (unpaired) electrons. The highest BCUT2D eigenvalue weighted by molar-refractivity contribution is 9.10. The van der Waals surface area contributed by atoms with Crippen molar-refractivity contribution in [1.29, 1.82) is 0 Å². The third kappa shape index (κ3) is 4.31. The van der Waals surface area contributed by atoms with Crippen LogP contribution in [0.15, 0.2) is 112 Å². The quantitative estimate of drug-likeness (QED) is 0.226. The van der Waals surface area contributed by atoms with Gasteiger partial charge >= 0.3 is 0 Å². The van der Waals surface area contributed by atoms with Crippen LogP contribution in [-0.2, 0) is 0 Å². The van der Waals surface area contributed by atoms with Gasteiger partial charge in [-0.25, -0.2) is 14.7 Å². The van der Waals surface area contributed by atoms with E-state index in [-0.39, 0.29) is 6.04 Å². The summed E-state index contributed by atoms with van der Waals surface area (Å²) in [6.07, 6.45) is 0. The van der Waals surface area contributed by atoms with Crippen LogP contribution in [0.2, 0.25) is 0 Å². The van der Waals surface area contributed by atoms with Crippen molar-refractivity contribution in [2.75, 3.05) is 17.3 Å². The summed E-state index contributed by atoms with van der Waals surface area (Å²) in [6, 6.07) is 32.6. The molecule has 0 aliphatic carbocycles. The van der Waals surface area contributed by atoms with E-state index in [2.05, 4.69) is 76.4 Å². The standard InChI is InChI=1S/C33H27BrN6O/c1-20-9-4-6-13-27(20)40-32-29(21(2)38-40)30(22-10-8-11-23(34)19-22)39-28-14-7-5-12-26(28)36-31(33(39)37-32)35-24-15-17-25(41-3)18-16-24/h4-19,30H,1-3H3,(H,35,36)/t30-/m1/s1. The van der Waals surface area contributed by atoms with Crippen LogP contribution in [0, 0.1) is 13.8 Å². The second kappa shape index (κ2) is 10.1. The molecule has 8 heteroatoms. The van der Waals surface area contributed by atoms with E-state index in [1.807, 2.05) is 65.3 Å². The predicted molar refractivity (Wildman–Crippen MR) is 169 cm³/mol. The van der Waals surface area contributed by atoms with Gasteiger partial charge in [0.15, 0.2) is 17.5 Å². The molecule has 3 heterocycles. The smallest absolute Gasteiger partial charge is 0.179 e. The van der Waals surface area contributed by atoms with Crippen molar-refractivity contribution in [2.45, 2.75) is 19.9 Å². The first-order valence-corrected chi connectivity index (χ1v) is 14.2. The van der Waals surface area contributed by atoms with Gasteiger partial charge in [0, 0.05) is 15.7 Å². The normalized spacial score (nSPS) is 15.3. The number of hydrogen-bond acceptors (Lipinski definition) is 6. The van der Waals surface area contributed by atoms with Crippen molar-refractivity contribution in [2.24, 2.45) is 9.98 Å². The Hall–Kier alpha value is -4.69. The van der Waals surface area contributed by atoms with Crippen molar-refractivity contribution >= 4 is 50.5 Å². The zero-order valence-electron chi connectivity index (χ0n) is 22.8. The number of benzene rings is 4. The molecule has 0 bridgehead atoms. The number of fused-ring (bicyclic) bond motifs is 4. The molecule has 0 fully saturated rings. The maximum atomic E-state index is 5.37. The van der Waals surface area contributed by atoms with Gasteiger partial charge in [-0.1, -0.05) is 58.4 Å². The van der Waals surface area contributed by atoms with Crippen LogP contribution in [0.1, 0.15) is 28.4 Å². The summed E-state index contributed by atoms with van der Waals surface area (Å²) in [7, 11) is 1.67. The first-order chi connectivity index (χ1) is 20.0. The lowest BCUT2D eigenvalue weighted by molar-refractivity contribution is 0.415. The van der Waals surface area contributed by atoms with Crippen LogP contribution in [0.5, 0.6) is 5.75 Å². The van der Waals surface area contributed by atoms with Crippen molar-refractivity contribution in [3.8, 4) is 11.4 Å². The number of aromatic nitrogens is 2. The molecule has 1 N–H and O–H groups in total. The number of nitrogens with zero attached hydrogens (tertiary/aromatic N) is 5. The number of para-hydroxylation sites is 3. The number of anilines is 2. The Morgan fingerprint density at radius 1 is 0.829 bits per heavy atom. The molecule has 5 aromatic rings. The van der Waals surface area contributed by atoms with E-state index in [1.54, 1.807) is 7.11 Å². The van der Waals surface area contributed by atoms with Gasteiger partial charge in [0.25, 0.3) is 0 Å². The van der Waals surface area contributed by atoms with E-state index in [9.17, 15) is 0 Å². The van der Waals surface area contributed by atoms with Crippen molar-refractivity contribution in [3.63, 3.8) is 0 Å². The summed E-state index contributed by atoms with van der Waals surface area (Å²) >= 11 is 3.71. The van der Waals surface area contributed by atoms with Crippen LogP contribution in [-0.4, -0.2) is 28.6 Å². The number of methoxy groups -OCH3 is 1. The van der Waals surface area contributed by atoms with Gasteiger partial charge in [-0.15, -0.1) is 0 Å². The molecule has 2 aliphatic rings. The van der Waals surface area contributed by atoms with Gasteiger partial charge in [0.05, 0.1) is 35.9 Å². The van der Waals surface area contributed by atoms with E-state index >= 15 is 0 Å². The average molecular weight is 604 g/mol. The van der Waals surface area contributed by atoms with Crippen molar-refractivity contribution in [3.05, 3.63) is 124 Å². The van der Waals surface area contributed by atoms with E-state index in [0.29, 0.717) is 5.84 Å². The molecule has 0 unspecified atom stereocenters. The lowest BCUT2D eigenvalue weighted by atomic mass is 9.93. The SMILES string of the molecule is COc1ccc(NC2=Nc3ccccc3N3C2=Nc2c(c(C)nn2-c2ccccc2C)[C@H]3c2cccc(Br)c2)cc1. The van der Waals surface area contributed by atoms with Crippen LogP contribution in [0.25, 0.3) is 5.69 Å². The maximum absolute atomic E-state index is 5.37. The number of halogens is 1. The highest BCUT2D eigenvalue weighted by atomic mass is 79.9. The molecule has 0 amide bonds. The molecule has 0 spiro atoms. The van der Waals surface area contributed by atoms with Crippen LogP contribution in [0.3, 0.4) is 0 Å². The molecular weight excluding hydrogens is 576 g/mol. The monoisotopic (exact) mass is 602 g/mol. The molecule has 1 atom stereocenters. The second-order valence-corrected chi connectivity index (χ2v) is 11.0. The minimum atomic E-state index is -0.183. The molecule has 4 aromatic carbocycles. The lowest BCUT2D eigenvalue weighted by Crippen LogP contribution is -2.46. The molecule has 202 valence electrons. The minimum absolute atomic E-state index is 0.183. The number of nitrogens with one attached hydrogen (secondary N) is 1. The number of rotatable bonds is 4. The largest absolute Gasteiger partial charge is 0.497 e. The summed E-state index contributed by atoms with van der Waals surface area (Å²) in [4.78, 5) is 12.7. The number of hydrogen-bond donors (Lipinski definition) is 1. The van der Waals surface area contributed by atoms with Gasteiger partial charge < -0.3 is 15.0 Å². The van der Waals surface area contributed by atoms with Crippen LogP contribution < -0.4 is 15.0 Å². The van der Waals surface area contributed by atoms with Gasteiger partial charge in [-0.2, -0.15) is 5.10 Å². The van der Waals surface area contributed by atoms with E-state index in [4.69, 9.17) is 19.8 Å². The van der Waals surface area contributed by atoms with Crippen LogP contribution in [0.4, 0.5) is 22.9 Å². The zero-order valence-corrected chi connectivity index (χ0v) is 24.4. The third-order valence-corrected chi connectivity index (χ3v) is 7.99. The Morgan fingerprint density at radius 3 is 2.34 bits per heavy atom. The number of amidine groups is 2. The molecule has 7 nitrogen and oxygen atoms in total. The Labute approximate surface area is 247 Å². The first-order valence-electron chi connectivity index (χ1n) is 13.4. The molecule has 2 aliphatic heterocycles. The van der Waals surface area contributed by atoms with E-state index < -0.39 is 0 Å². The Balaban J connectivity index is 1.49.